The Hall–Kier alpha value is -2.32. The third-order valence-corrected chi connectivity index (χ3v) is 3.71. The fraction of sp³-hybridized carbons (Fsp3) is 0.133. The lowest BCUT2D eigenvalue weighted by Crippen LogP contribution is -2.13. The minimum atomic E-state index is -0.427. The van der Waals surface area contributed by atoms with Crippen LogP contribution in [0.5, 0.6) is 0 Å². The summed E-state index contributed by atoms with van der Waals surface area (Å²) < 4.78 is 0. The minimum Gasteiger partial charge on any atom is -0.369 e. The lowest BCUT2D eigenvalue weighted by Gasteiger charge is -2.08. The highest BCUT2D eigenvalue weighted by Crippen LogP contribution is 2.27. The van der Waals surface area contributed by atoms with E-state index in [-0.39, 0.29) is 5.75 Å². The minimum absolute atomic E-state index is 0.110. The number of nitrogens with two attached hydrogens (primary N) is 1. The Bertz CT molecular complexity index is 678. The molecule has 1 amide bonds. The zero-order valence-electron chi connectivity index (χ0n) is 11.0. The monoisotopic (exact) mass is 283 g/mol. The Balaban J connectivity index is 2.47. The van der Waals surface area contributed by atoms with Crippen molar-refractivity contribution in [2.45, 2.75) is 11.9 Å². The van der Waals surface area contributed by atoms with Crippen LogP contribution in [0.1, 0.15) is 11.1 Å². The summed E-state index contributed by atoms with van der Waals surface area (Å²) in [5.74, 6) is -0.317. The van der Waals surface area contributed by atoms with Crippen LogP contribution in [0, 0.1) is 18.3 Å². The van der Waals surface area contributed by atoms with Gasteiger partial charge in [-0.2, -0.15) is 5.26 Å². The van der Waals surface area contributed by atoms with Gasteiger partial charge < -0.3 is 5.73 Å². The van der Waals surface area contributed by atoms with Crippen LogP contribution in [0.4, 0.5) is 0 Å². The number of pyridine rings is 1. The van der Waals surface area contributed by atoms with Gasteiger partial charge >= 0.3 is 0 Å². The van der Waals surface area contributed by atoms with Crippen LogP contribution in [-0.2, 0) is 4.79 Å². The van der Waals surface area contributed by atoms with Crippen LogP contribution in [-0.4, -0.2) is 16.6 Å². The quantitative estimate of drug-likeness (QED) is 0.874. The van der Waals surface area contributed by atoms with E-state index in [0.717, 1.165) is 16.8 Å². The number of aryl methyl sites for hydroxylation is 1. The van der Waals surface area contributed by atoms with E-state index in [1.165, 1.54) is 11.8 Å². The number of primary amides is 1. The molecule has 0 atom stereocenters. The summed E-state index contributed by atoms with van der Waals surface area (Å²) in [6, 6.07) is 13.7. The Kier molecular flexibility index (Phi) is 4.38. The van der Waals surface area contributed by atoms with Crippen molar-refractivity contribution in [1.82, 2.24) is 4.98 Å². The Morgan fingerprint density at radius 3 is 2.70 bits per heavy atom. The molecule has 0 aliphatic rings. The Morgan fingerprint density at radius 2 is 2.10 bits per heavy atom. The second-order valence-electron chi connectivity index (χ2n) is 4.24. The van der Waals surface area contributed by atoms with Crippen LogP contribution < -0.4 is 5.73 Å². The van der Waals surface area contributed by atoms with Gasteiger partial charge in [-0.3, -0.25) is 4.79 Å². The summed E-state index contributed by atoms with van der Waals surface area (Å²) in [5.41, 5.74) is 8.25. The fourth-order valence-corrected chi connectivity index (χ4v) is 2.57. The lowest BCUT2D eigenvalue weighted by molar-refractivity contribution is -0.115. The van der Waals surface area contributed by atoms with Crippen LogP contribution >= 0.6 is 11.8 Å². The van der Waals surface area contributed by atoms with Gasteiger partial charge in [0.15, 0.2) is 0 Å². The fourth-order valence-electron chi connectivity index (χ4n) is 1.78. The maximum atomic E-state index is 10.9. The first kappa shape index (κ1) is 14.1. The maximum Gasteiger partial charge on any atom is 0.227 e. The molecule has 2 aromatic rings. The molecule has 2 N–H and O–H groups in total. The first-order valence-corrected chi connectivity index (χ1v) is 6.98. The van der Waals surface area contributed by atoms with Gasteiger partial charge in [0, 0.05) is 5.56 Å². The van der Waals surface area contributed by atoms with Gasteiger partial charge in [0.2, 0.25) is 5.91 Å². The summed E-state index contributed by atoms with van der Waals surface area (Å²) in [4.78, 5) is 15.4. The summed E-state index contributed by atoms with van der Waals surface area (Å²) in [7, 11) is 0. The molecule has 4 nitrogen and oxygen atoms in total. The summed E-state index contributed by atoms with van der Waals surface area (Å²) in [6.45, 7) is 1.86. The number of thioether (sulfide) groups is 1. The molecular formula is C15H13N3OS. The molecule has 0 fully saturated rings. The number of benzene rings is 1. The van der Waals surface area contributed by atoms with E-state index < -0.39 is 5.91 Å². The molecule has 1 heterocycles. The molecule has 1 aromatic heterocycles. The van der Waals surface area contributed by atoms with Gasteiger partial charge in [0.25, 0.3) is 0 Å². The summed E-state index contributed by atoms with van der Waals surface area (Å²) in [5, 5.41) is 9.75. The molecule has 0 saturated carbocycles. The molecule has 5 heteroatoms. The predicted molar refractivity (Wildman–Crippen MR) is 79.0 cm³/mol. The van der Waals surface area contributed by atoms with Crippen molar-refractivity contribution in [3.05, 3.63) is 47.5 Å². The average molecular weight is 283 g/mol. The first-order valence-electron chi connectivity index (χ1n) is 6.00. The van der Waals surface area contributed by atoms with Crippen molar-refractivity contribution in [3.63, 3.8) is 0 Å². The van der Waals surface area contributed by atoms with Gasteiger partial charge in [0.1, 0.15) is 11.1 Å². The van der Waals surface area contributed by atoms with Gasteiger partial charge in [-0.05, 0) is 18.6 Å². The molecule has 0 aliphatic heterocycles. The second kappa shape index (κ2) is 6.22. The van der Waals surface area contributed by atoms with Crippen LogP contribution in [0.3, 0.4) is 0 Å². The Morgan fingerprint density at radius 1 is 1.40 bits per heavy atom. The van der Waals surface area contributed by atoms with E-state index in [9.17, 15) is 10.1 Å². The predicted octanol–water partition coefficient (Wildman–Crippen LogP) is 2.51. The van der Waals surface area contributed by atoms with Crippen LogP contribution in [0.2, 0.25) is 0 Å². The summed E-state index contributed by atoms with van der Waals surface area (Å²) >= 11 is 1.19. The molecule has 0 aliphatic carbocycles. The lowest BCUT2D eigenvalue weighted by atomic mass is 10.1. The average Bonchev–Trinajstić information content (AvgIpc) is 2.45. The number of nitrogens with zero attached hydrogens (tertiary/aromatic N) is 2. The van der Waals surface area contributed by atoms with E-state index in [1.54, 1.807) is 0 Å². The van der Waals surface area contributed by atoms with Gasteiger partial charge in [-0.25, -0.2) is 4.98 Å². The molecule has 100 valence electrons. The highest BCUT2D eigenvalue weighted by atomic mass is 32.2. The number of carbonyl (C=O) groups is 1. The molecule has 0 spiro atoms. The van der Waals surface area contributed by atoms with E-state index in [1.807, 2.05) is 43.3 Å². The number of carbonyl (C=O) groups excluding carboxylic acids is 1. The van der Waals surface area contributed by atoms with E-state index in [0.29, 0.717) is 10.6 Å². The van der Waals surface area contributed by atoms with Crippen molar-refractivity contribution < 1.29 is 4.79 Å². The van der Waals surface area contributed by atoms with Crippen molar-refractivity contribution in [3.8, 4) is 17.3 Å². The van der Waals surface area contributed by atoms with E-state index in [2.05, 4.69) is 11.1 Å². The summed E-state index contributed by atoms with van der Waals surface area (Å²) in [6.07, 6.45) is 0. The van der Waals surface area contributed by atoms with Crippen molar-refractivity contribution in [2.75, 3.05) is 5.75 Å². The normalized spacial score (nSPS) is 10.0. The largest absolute Gasteiger partial charge is 0.369 e. The zero-order chi connectivity index (χ0) is 14.5. The maximum absolute atomic E-state index is 10.9. The molecule has 1 aromatic carbocycles. The molecule has 0 bridgehead atoms. The molecule has 0 saturated heterocycles. The van der Waals surface area contributed by atoms with Crippen molar-refractivity contribution in [2.24, 2.45) is 5.73 Å². The number of nitriles is 1. The smallest absolute Gasteiger partial charge is 0.227 e. The van der Waals surface area contributed by atoms with Crippen molar-refractivity contribution >= 4 is 17.7 Å². The molecule has 0 unspecified atom stereocenters. The van der Waals surface area contributed by atoms with E-state index in [4.69, 9.17) is 5.73 Å². The van der Waals surface area contributed by atoms with Crippen molar-refractivity contribution in [1.29, 1.82) is 5.26 Å². The molecule has 0 radical (unpaired) electrons. The van der Waals surface area contributed by atoms with Gasteiger partial charge in [0.05, 0.1) is 17.0 Å². The van der Waals surface area contributed by atoms with Crippen LogP contribution in [0.15, 0.2) is 41.4 Å². The third kappa shape index (κ3) is 3.16. The SMILES string of the molecule is Cc1cc(-c2ccccc2)nc(SCC(N)=O)c1C#N. The number of hydrogen-bond donors (Lipinski definition) is 1. The number of hydrogen-bond acceptors (Lipinski definition) is 4. The Labute approximate surface area is 121 Å². The number of amides is 1. The molecular weight excluding hydrogens is 270 g/mol. The standard InChI is InChI=1S/C15H13N3OS/c1-10-7-13(11-5-3-2-4-6-11)18-15(12(10)8-16)20-9-14(17)19/h2-7H,9H2,1H3,(H2,17,19). The number of aromatic nitrogens is 1. The number of rotatable bonds is 4. The second-order valence-corrected chi connectivity index (χ2v) is 5.20. The first-order chi connectivity index (χ1) is 9.61. The highest BCUT2D eigenvalue weighted by molar-refractivity contribution is 8.00. The highest BCUT2D eigenvalue weighted by Gasteiger charge is 2.12. The zero-order valence-corrected chi connectivity index (χ0v) is 11.8. The van der Waals surface area contributed by atoms with Crippen LogP contribution in [0.25, 0.3) is 11.3 Å². The molecule has 20 heavy (non-hydrogen) atoms. The molecule has 2 rings (SSSR count). The van der Waals surface area contributed by atoms with Gasteiger partial charge in [-0.15, -0.1) is 0 Å². The van der Waals surface area contributed by atoms with E-state index >= 15 is 0 Å². The topological polar surface area (TPSA) is 79.8 Å². The van der Waals surface area contributed by atoms with Gasteiger partial charge in [-0.1, -0.05) is 42.1 Å². The third-order valence-electron chi connectivity index (χ3n) is 2.72.